The Morgan fingerprint density at radius 1 is 1.06 bits per heavy atom. The Labute approximate surface area is 213 Å². The number of carbonyl (C=O) groups excluding carboxylic acids is 1. The molecule has 0 amide bonds. The van der Waals surface area contributed by atoms with E-state index in [1.165, 1.54) is 5.56 Å². The summed E-state index contributed by atoms with van der Waals surface area (Å²) < 4.78 is 17.8. The summed E-state index contributed by atoms with van der Waals surface area (Å²) in [5.74, 6) is 0.270. The summed E-state index contributed by atoms with van der Waals surface area (Å²) in [6, 6.07) is 17.1. The van der Waals surface area contributed by atoms with Crippen LogP contribution in [0.5, 0.6) is 5.75 Å². The average molecular weight is 496 g/mol. The maximum Gasteiger partial charge on any atom is 0.325 e. The highest BCUT2D eigenvalue weighted by Gasteiger charge is 2.20. The van der Waals surface area contributed by atoms with Crippen molar-refractivity contribution in [1.29, 1.82) is 0 Å². The number of esters is 1. The zero-order chi connectivity index (χ0) is 26.2. The molecule has 1 aromatic heterocycles. The molecule has 3 atom stereocenters. The van der Waals surface area contributed by atoms with Crippen LogP contribution in [0.25, 0.3) is 16.9 Å². The van der Waals surface area contributed by atoms with Crippen LogP contribution >= 0.6 is 0 Å². The van der Waals surface area contributed by atoms with E-state index >= 15 is 0 Å². The van der Waals surface area contributed by atoms with Crippen LogP contribution in [-0.4, -0.2) is 46.9 Å². The van der Waals surface area contributed by atoms with E-state index < -0.39 is 18.1 Å². The van der Waals surface area contributed by atoms with E-state index in [1.807, 2.05) is 74.8 Å². The zero-order valence-corrected chi connectivity index (χ0v) is 21.7. The lowest BCUT2D eigenvalue weighted by molar-refractivity contribution is -0.163. The number of carbonyl (C=O) groups is 1. The molecular formula is C28H37N3O5. The summed E-state index contributed by atoms with van der Waals surface area (Å²) in [4.78, 5) is 11.9. The van der Waals surface area contributed by atoms with Gasteiger partial charge in [-0.15, -0.1) is 0 Å². The van der Waals surface area contributed by atoms with Crippen LogP contribution in [0.15, 0.2) is 54.6 Å². The van der Waals surface area contributed by atoms with Gasteiger partial charge in [0.05, 0.1) is 36.4 Å². The van der Waals surface area contributed by atoms with E-state index in [-0.39, 0.29) is 18.8 Å². The van der Waals surface area contributed by atoms with Crippen LogP contribution in [0.1, 0.15) is 51.0 Å². The van der Waals surface area contributed by atoms with Crippen molar-refractivity contribution in [3.05, 3.63) is 65.9 Å². The molecule has 0 aliphatic carbocycles. The van der Waals surface area contributed by atoms with Crippen molar-refractivity contribution in [2.75, 3.05) is 13.9 Å². The number of ether oxygens (including phenoxy) is 3. The first-order valence-electron chi connectivity index (χ1n) is 12.2. The molecule has 0 aliphatic rings. The Balaban J connectivity index is 1.68. The number of benzene rings is 2. The number of aromatic nitrogens is 2. The molecule has 194 valence electrons. The second kappa shape index (κ2) is 12.7. The first-order valence-corrected chi connectivity index (χ1v) is 12.2. The van der Waals surface area contributed by atoms with Gasteiger partial charge in [0.15, 0.2) is 6.79 Å². The maximum absolute atomic E-state index is 11.9. The molecule has 0 aliphatic heterocycles. The van der Waals surface area contributed by atoms with Gasteiger partial charge in [0.2, 0.25) is 0 Å². The van der Waals surface area contributed by atoms with E-state index in [2.05, 4.69) is 12.1 Å². The van der Waals surface area contributed by atoms with Gasteiger partial charge in [-0.3, -0.25) is 4.79 Å². The Morgan fingerprint density at radius 2 is 1.72 bits per heavy atom. The van der Waals surface area contributed by atoms with Crippen LogP contribution < -0.4 is 10.5 Å². The van der Waals surface area contributed by atoms with Gasteiger partial charge < -0.3 is 25.1 Å². The number of aliphatic hydroxyl groups excluding tert-OH is 1. The lowest BCUT2D eigenvalue weighted by Crippen LogP contribution is -2.37. The summed E-state index contributed by atoms with van der Waals surface area (Å²) in [5.41, 5.74) is 10.3. The fraction of sp³-hybridized carbons (Fsp3) is 0.429. The quantitative estimate of drug-likeness (QED) is 0.280. The molecule has 2 aromatic carbocycles. The smallest absolute Gasteiger partial charge is 0.325 e. The van der Waals surface area contributed by atoms with Gasteiger partial charge in [0.1, 0.15) is 11.8 Å². The van der Waals surface area contributed by atoms with Crippen molar-refractivity contribution in [1.82, 2.24) is 9.78 Å². The van der Waals surface area contributed by atoms with Crippen molar-refractivity contribution in [3.8, 4) is 22.7 Å². The van der Waals surface area contributed by atoms with Gasteiger partial charge in [0.25, 0.3) is 0 Å². The van der Waals surface area contributed by atoms with Crippen molar-refractivity contribution in [2.24, 2.45) is 11.7 Å². The number of aryl methyl sites for hydroxylation is 1. The Hall–Kier alpha value is -3.20. The van der Waals surface area contributed by atoms with Gasteiger partial charge >= 0.3 is 5.97 Å². The Kier molecular flexibility index (Phi) is 9.64. The first-order chi connectivity index (χ1) is 17.2. The topological polar surface area (TPSA) is 109 Å². The average Bonchev–Trinajstić information content (AvgIpc) is 3.32. The SMILES string of the molecule is COc1ccc(-n2nc(C(O)CCC(C)OCOC(=O)[C@@H](N)C(C)C)cc2-c2ccc(C)cc2)cc1. The van der Waals surface area contributed by atoms with Crippen LogP contribution in [0.4, 0.5) is 0 Å². The van der Waals surface area contributed by atoms with E-state index in [1.54, 1.807) is 7.11 Å². The first kappa shape index (κ1) is 27.4. The van der Waals surface area contributed by atoms with Gasteiger partial charge in [-0.25, -0.2) is 4.68 Å². The molecule has 2 unspecified atom stereocenters. The molecule has 36 heavy (non-hydrogen) atoms. The van der Waals surface area contributed by atoms with E-state index in [0.717, 1.165) is 22.7 Å². The minimum atomic E-state index is -0.781. The summed E-state index contributed by atoms with van der Waals surface area (Å²) >= 11 is 0. The molecule has 0 spiro atoms. The molecule has 0 bridgehead atoms. The molecule has 3 rings (SSSR count). The standard InChI is InChI=1S/C28H37N3O5/c1-18(2)27(29)28(33)36-17-35-20(4)8-15-26(32)24-16-25(21-9-6-19(3)7-10-21)31(30-24)22-11-13-23(34-5)14-12-22/h6-7,9-14,16,18,20,26-27,32H,8,15,17,29H2,1-5H3/t20?,26?,27-/m0/s1. The Bertz CT molecular complexity index is 1110. The second-order valence-electron chi connectivity index (χ2n) is 9.35. The number of methoxy groups -OCH3 is 1. The molecule has 8 heteroatoms. The minimum absolute atomic E-state index is 0.00686. The summed E-state index contributed by atoms with van der Waals surface area (Å²) in [6.07, 6.45) is -0.00253. The highest BCUT2D eigenvalue weighted by Crippen LogP contribution is 2.29. The number of hydrogen-bond donors (Lipinski definition) is 2. The van der Waals surface area contributed by atoms with Gasteiger partial charge in [-0.05, 0) is 62.9 Å². The fourth-order valence-electron chi connectivity index (χ4n) is 3.61. The summed E-state index contributed by atoms with van der Waals surface area (Å²) in [5, 5.41) is 15.7. The molecule has 0 radical (unpaired) electrons. The Morgan fingerprint density at radius 3 is 2.33 bits per heavy atom. The number of nitrogens with two attached hydrogens (primary N) is 1. The third-order valence-corrected chi connectivity index (χ3v) is 6.12. The third-order valence-electron chi connectivity index (χ3n) is 6.12. The van der Waals surface area contributed by atoms with Crippen LogP contribution in [0.2, 0.25) is 0 Å². The molecule has 3 N–H and O–H groups in total. The summed E-state index contributed by atoms with van der Waals surface area (Å²) in [6.45, 7) is 7.47. The molecule has 0 fully saturated rings. The third kappa shape index (κ3) is 7.16. The summed E-state index contributed by atoms with van der Waals surface area (Å²) in [7, 11) is 1.63. The number of hydrogen-bond acceptors (Lipinski definition) is 7. The largest absolute Gasteiger partial charge is 0.497 e. The number of rotatable bonds is 12. The number of aliphatic hydroxyl groups is 1. The lowest BCUT2D eigenvalue weighted by Gasteiger charge is -2.17. The molecule has 1 heterocycles. The van der Waals surface area contributed by atoms with Gasteiger partial charge in [-0.2, -0.15) is 5.10 Å². The normalized spacial score (nSPS) is 13.9. The van der Waals surface area contributed by atoms with Gasteiger partial charge in [0, 0.05) is 5.56 Å². The van der Waals surface area contributed by atoms with Crippen molar-refractivity contribution >= 4 is 5.97 Å². The second-order valence-corrected chi connectivity index (χ2v) is 9.35. The van der Waals surface area contributed by atoms with Crippen molar-refractivity contribution in [2.45, 2.75) is 58.8 Å². The monoisotopic (exact) mass is 495 g/mol. The van der Waals surface area contributed by atoms with Crippen molar-refractivity contribution < 1.29 is 24.1 Å². The van der Waals surface area contributed by atoms with Gasteiger partial charge in [-0.1, -0.05) is 43.7 Å². The van der Waals surface area contributed by atoms with E-state index in [9.17, 15) is 9.90 Å². The van der Waals surface area contributed by atoms with Crippen LogP contribution in [-0.2, 0) is 14.3 Å². The molecule has 8 nitrogen and oxygen atoms in total. The predicted molar refractivity (Wildman–Crippen MR) is 139 cm³/mol. The van der Waals surface area contributed by atoms with E-state index in [0.29, 0.717) is 18.5 Å². The van der Waals surface area contributed by atoms with Crippen molar-refractivity contribution in [3.63, 3.8) is 0 Å². The highest BCUT2D eigenvalue weighted by molar-refractivity contribution is 5.75. The van der Waals surface area contributed by atoms with Crippen LogP contribution in [0, 0.1) is 12.8 Å². The highest BCUT2D eigenvalue weighted by atomic mass is 16.7. The predicted octanol–water partition coefficient (Wildman–Crippen LogP) is 4.56. The minimum Gasteiger partial charge on any atom is -0.497 e. The fourth-order valence-corrected chi connectivity index (χ4v) is 3.61. The molecule has 0 saturated carbocycles. The molecule has 3 aromatic rings. The maximum atomic E-state index is 11.9. The molecular weight excluding hydrogens is 458 g/mol. The lowest BCUT2D eigenvalue weighted by atomic mass is 10.1. The van der Waals surface area contributed by atoms with E-state index in [4.69, 9.17) is 25.0 Å². The van der Waals surface area contributed by atoms with Crippen LogP contribution in [0.3, 0.4) is 0 Å². The molecule has 0 saturated heterocycles. The zero-order valence-electron chi connectivity index (χ0n) is 21.7. The number of nitrogens with zero attached hydrogens (tertiary/aromatic N) is 2.